The highest BCUT2D eigenvalue weighted by atomic mass is 16.5. The number of rotatable bonds is 2. The maximum Gasteiger partial charge on any atom is 0.0640 e. The molecular weight excluding hydrogens is 172 g/mol. The first-order valence-electron chi connectivity index (χ1n) is 5.54. The van der Waals surface area contributed by atoms with Crippen molar-refractivity contribution in [2.45, 2.75) is 38.2 Å². The molecule has 0 saturated carbocycles. The fourth-order valence-electron chi connectivity index (χ4n) is 2.13. The van der Waals surface area contributed by atoms with Gasteiger partial charge in [-0.25, -0.2) is 0 Å². The molecule has 0 N–H and O–H groups in total. The Morgan fingerprint density at radius 2 is 2.00 bits per heavy atom. The van der Waals surface area contributed by atoms with Gasteiger partial charge in [0.15, 0.2) is 0 Å². The molecule has 2 rings (SSSR count). The molecule has 1 aliphatic heterocycles. The van der Waals surface area contributed by atoms with Crippen molar-refractivity contribution in [2.24, 2.45) is 0 Å². The predicted octanol–water partition coefficient (Wildman–Crippen LogP) is 3.36. The van der Waals surface area contributed by atoms with E-state index in [4.69, 9.17) is 4.74 Å². The van der Waals surface area contributed by atoms with Crippen molar-refractivity contribution < 1.29 is 4.74 Å². The fourth-order valence-corrected chi connectivity index (χ4v) is 2.13. The van der Waals surface area contributed by atoms with E-state index in [0.717, 1.165) is 6.61 Å². The second kappa shape index (κ2) is 4.61. The first-order chi connectivity index (χ1) is 6.88. The van der Waals surface area contributed by atoms with E-state index in [-0.39, 0.29) is 0 Å². The SMILES string of the molecule is C[C@H](c1ccccc1)[C@@H]1CCCCO1. The molecule has 1 heterocycles. The summed E-state index contributed by atoms with van der Waals surface area (Å²) in [7, 11) is 0. The molecule has 0 spiro atoms. The van der Waals surface area contributed by atoms with Crippen LogP contribution in [-0.2, 0) is 4.74 Å². The lowest BCUT2D eigenvalue weighted by Crippen LogP contribution is -2.24. The van der Waals surface area contributed by atoms with Gasteiger partial charge in [0.25, 0.3) is 0 Å². The topological polar surface area (TPSA) is 9.23 Å². The molecule has 1 nitrogen and oxygen atoms in total. The molecule has 76 valence electrons. The van der Waals surface area contributed by atoms with Crippen LogP contribution < -0.4 is 0 Å². The molecule has 0 bridgehead atoms. The summed E-state index contributed by atoms with van der Waals surface area (Å²) in [5.41, 5.74) is 1.40. The first kappa shape index (κ1) is 9.72. The molecule has 1 saturated heterocycles. The van der Waals surface area contributed by atoms with E-state index in [9.17, 15) is 0 Å². The Hall–Kier alpha value is -0.820. The zero-order valence-electron chi connectivity index (χ0n) is 8.78. The van der Waals surface area contributed by atoms with Crippen LogP contribution in [0.25, 0.3) is 0 Å². The zero-order valence-corrected chi connectivity index (χ0v) is 8.78. The minimum Gasteiger partial charge on any atom is -0.378 e. The monoisotopic (exact) mass is 190 g/mol. The fraction of sp³-hybridized carbons (Fsp3) is 0.538. The van der Waals surface area contributed by atoms with E-state index in [1.165, 1.54) is 24.8 Å². The Labute approximate surface area is 86.1 Å². The molecule has 0 amide bonds. The average Bonchev–Trinajstić information content (AvgIpc) is 2.30. The van der Waals surface area contributed by atoms with Gasteiger partial charge in [0.1, 0.15) is 0 Å². The highest BCUT2D eigenvalue weighted by Gasteiger charge is 2.21. The lowest BCUT2D eigenvalue weighted by Gasteiger charge is -2.28. The van der Waals surface area contributed by atoms with Gasteiger partial charge in [0.2, 0.25) is 0 Å². The van der Waals surface area contributed by atoms with Crippen LogP contribution in [0.5, 0.6) is 0 Å². The van der Waals surface area contributed by atoms with Crippen molar-refractivity contribution >= 4 is 0 Å². The van der Waals surface area contributed by atoms with Gasteiger partial charge in [-0.15, -0.1) is 0 Å². The first-order valence-corrected chi connectivity index (χ1v) is 5.54. The molecule has 0 unspecified atom stereocenters. The van der Waals surface area contributed by atoms with Gasteiger partial charge < -0.3 is 4.74 Å². The molecule has 1 aliphatic rings. The van der Waals surface area contributed by atoms with Crippen LogP contribution in [-0.4, -0.2) is 12.7 Å². The summed E-state index contributed by atoms with van der Waals surface area (Å²) in [5.74, 6) is 0.538. The molecule has 14 heavy (non-hydrogen) atoms. The van der Waals surface area contributed by atoms with Gasteiger partial charge in [-0.05, 0) is 24.8 Å². The highest BCUT2D eigenvalue weighted by Crippen LogP contribution is 2.27. The Morgan fingerprint density at radius 3 is 2.64 bits per heavy atom. The molecule has 0 aromatic heterocycles. The third-order valence-corrected chi connectivity index (χ3v) is 3.10. The molecule has 2 atom stereocenters. The van der Waals surface area contributed by atoms with E-state index in [1.807, 2.05) is 0 Å². The Bertz CT molecular complexity index is 262. The van der Waals surface area contributed by atoms with E-state index in [2.05, 4.69) is 37.3 Å². The highest BCUT2D eigenvalue weighted by molar-refractivity contribution is 5.20. The van der Waals surface area contributed by atoms with E-state index in [1.54, 1.807) is 0 Å². The maximum absolute atomic E-state index is 5.79. The van der Waals surface area contributed by atoms with Crippen LogP contribution in [0.2, 0.25) is 0 Å². The molecule has 1 fully saturated rings. The van der Waals surface area contributed by atoms with Gasteiger partial charge in [0.05, 0.1) is 6.10 Å². The van der Waals surface area contributed by atoms with Gasteiger partial charge >= 0.3 is 0 Å². The Balaban J connectivity index is 2.03. The second-order valence-electron chi connectivity index (χ2n) is 4.10. The number of benzene rings is 1. The third kappa shape index (κ3) is 2.16. The summed E-state index contributed by atoms with van der Waals surface area (Å²) >= 11 is 0. The molecule has 1 aromatic carbocycles. The summed E-state index contributed by atoms with van der Waals surface area (Å²) in [6, 6.07) is 10.7. The van der Waals surface area contributed by atoms with Gasteiger partial charge in [0, 0.05) is 12.5 Å². The normalized spacial score (nSPS) is 24.5. The number of hydrogen-bond acceptors (Lipinski definition) is 1. The van der Waals surface area contributed by atoms with Crippen LogP contribution >= 0.6 is 0 Å². The van der Waals surface area contributed by atoms with Crippen molar-refractivity contribution in [2.75, 3.05) is 6.61 Å². The van der Waals surface area contributed by atoms with Gasteiger partial charge in [-0.3, -0.25) is 0 Å². The molecule has 0 radical (unpaired) electrons. The van der Waals surface area contributed by atoms with Crippen LogP contribution in [0.15, 0.2) is 30.3 Å². The van der Waals surface area contributed by atoms with Crippen LogP contribution in [0.4, 0.5) is 0 Å². The predicted molar refractivity (Wildman–Crippen MR) is 58.4 cm³/mol. The smallest absolute Gasteiger partial charge is 0.0640 e. The summed E-state index contributed by atoms with van der Waals surface area (Å²) in [5, 5.41) is 0. The van der Waals surface area contributed by atoms with E-state index in [0.29, 0.717) is 12.0 Å². The maximum atomic E-state index is 5.79. The molecule has 1 aromatic rings. The van der Waals surface area contributed by atoms with Crippen molar-refractivity contribution in [3.63, 3.8) is 0 Å². The summed E-state index contributed by atoms with van der Waals surface area (Å²) in [4.78, 5) is 0. The van der Waals surface area contributed by atoms with Crippen LogP contribution in [0, 0.1) is 0 Å². The number of ether oxygens (including phenoxy) is 1. The average molecular weight is 190 g/mol. The van der Waals surface area contributed by atoms with Crippen molar-refractivity contribution in [3.05, 3.63) is 35.9 Å². The largest absolute Gasteiger partial charge is 0.378 e. The molecule has 1 heteroatoms. The zero-order chi connectivity index (χ0) is 9.80. The quantitative estimate of drug-likeness (QED) is 0.695. The Morgan fingerprint density at radius 1 is 1.21 bits per heavy atom. The second-order valence-corrected chi connectivity index (χ2v) is 4.10. The minimum atomic E-state index is 0.436. The standard InChI is InChI=1S/C13H18O/c1-11(12-7-3-2-4-8-12)13-9-5-6-10-14-13/h2-4,7-8,11,13H,5-6,9-10H2,1H3/t11-,13+/m1/s1. The summed E-state index contributed by atoms with van der Waals surface area (Å²) in [6.45, 7) is 3.22. The summed E-state index contributed by atoms with van der Waals surface area (Å²) < 4.78 is 5.79. The van der Waals surface area contributed by atoms with Gasteiger partial charge in [-0.1, -0.05) is 37.3 Å². The van der Waals surface area contributed by atoms with E-state index < -0.39 is 0 Å². The lowest BCUT2D eigenvalue weighted by molar-refractivity contribution is 0.00240. The molecular formula is C13H18O. The van der Waals surface area contributed by atoms with Crippen molar-refractivity contribution in [1.29, 1.82) is 0 Å². The molecule has 0 aliphatic carbocycles. The summed E-state index contributed by atoms with van der Waals surface area (Å²) in [6.07, 6.45) is 4.21. The van der Waals surface area contributed by atoms with Gasteiger partial charge in [-0.2, -0.15) is 0 Å². The van der Waals surface area contributed by atoms with Crippen LogP contribution in [0.1, 0.15) is 37.7 Å². The van der Waals surface area contributed by atoms with Crippen molar-refractivity contribution in [1.82, 2.24) is 0 Å². The minimum absolute atomic E-state index is 0.436. The Kier molecular flexibility index (Phi) is 3.20. The number of hydrogen-bond donors (Lipinski definition) is 0. The third-order valence-electron chi connectivity index (χ3n) is 3.10. The van der Waals surface area contributed by atoms with Crippen LogP contribution in [0.3, 0.4) is 0 Å². The van der Waals surface area contributed by atoms with E-state index >= 15 is 0 Å². The van der Waals surface area contributed by atoms with Crippen molar-refractivity contribution in [3.8, 4) is 0 Å². The lowest BCUT2D eigenvalue weighted by atomic mass is 9.91.